The average Bonchev–Trinajstić information content (AvgIpc) is 2.38. The molecular weight excluding hydrogens is 256 g/mol. The molecule has 6 heteroatoms. The Balaban J connectivity index is 2.56. The highest BCUT2D eigenvalue weighted by Crippen LogP contribution is 2.22. The number of nitrogen functional groups attached to an aromatic ring is 1. The van der Waals surface area contributed by atoms with E-state index >= 15 is 0 Å². The van der Waals surface area contributed by atoms with Gasteiger partial charge in [0.1, 0.15) is 0 Å². The molecule has 110 valence electrons. The zero-order valence-corrected chi connectivity index (χ0v) is 12.2. The highest BCUT2D eigenvalue weighted by atomic mass is 16.2. The number of nitrogens with two attached hydrogens (primary N) is 1. The van der Waals surface area contributed by atoms with Crippen LogP contribution in [0.1, 0.15) is 23.7 Å². The van der Waals surface area contributed by atoms with E-state index in [0.717, 1.165) is 5.69 Å². The number of amides is 2. The molecule has 0 aliphatic rings. The molecule has 0 atom stereocenters. The van der Waals surface area contributed by atoms with Crippen LogP contribution >= 0.6 is 0 Å². The van der Waals surface area contributed by atoms with Gasteiger partial charge in [0.2, 0.25) is 5.91 Å². The first-order valence-electron chi connectivity index (χ1n) is 6.57. The second-order valence-electron chi connectivity index (χ2n) is 4.63. The van der Waals surface area contributed by atoms with Crippen LogP contribution in [0.5, 0.6) is 0 Å². The lowest BCUT2D eigenvalue weighted by molar-refractivity contribution is -0.120. The summed E-state index contributed by atoms with van der Waals surface area (Å²) < 4.78 is 0. The Kier molecular flexibility index (Phi) is 5.83. The van der Waals surface area contributed by atoms with E-state index in [4.69, 9.17) is 5.73 Å². The Morgan fingerprint density at radius 3 is 2.50 bits per heavy atom. The molecule has 0 heterocycles. The maximum absolute atomic E-state index is 11.9. The van der Waals surface area contributed by atoms with E-state index in [9.17, 15) is 9.59 Å². The lowest BCUT2D eigenvalue weighted by atomic mass is 10.1. The van der Waals surface area contributed by atoms with E-state index < -0.39 is 0 Å². The molecule has 6 nitrogen and oxygen atoms in total. The van der Waals surface area contributed by atoms with Crippen LogP contribution < -0.4 is 21.3 Å². The predicted octanol–water partition coefficient (Wildman–Crippen LogP) is 0.591. The van der Waals surface area contributed by atoms with Crippen LogP contribution in [0.4, 0.5) is 11.4 Å². The van der Waals surface area contributed by atoms with Crippen molar-refractivity contribution in [1.29, 1.82) is 0 Å². The molecule has 1 aromatic rings. The standard InChI is InChI=1S/C14H22N4O2/c1-4-16-13(19)7-8-17-14(20)10-5-6-12(18(2)3)11(15)9-10/h5-6,9H,4,7-8,15H2,1-3H3,(H,16,19)(H,17,20). The molecule has 20 heavy (non-hydrogen) atoms. The van der Waals surface area contributed by atoms with E-state index in [0.29, 0.717) is 24.3 Å². The number of hydrogen-bond acceptors (Lipinski definition) is 4. The SMILES string of the molecule is CCNC(=O)CCNC(=O)c1ccc(N(C)C)c(N)c1. The third-order valence-electron chi connectivity index (χ3n) is 2.78. The van der Waals surface area contributed by atoms with Crippen molar-refractivity contribution >= 4 is 23.2 Å². The number of anilines is 2. The van der Waals surface area contributed by atoms with Crippen molar-refractivity contribution in [3.8, 4) is 0 Å². The van der Waals surface area contributed by atoms with E-state index in [1.807, 2.05) is 25.9 Å². The minimum atomic E-state index is -0.230. The first-order chi connectivity index (χ1) is 9.45. The van der Waals surface area contributed by atoms with Crippen LogP contribution in [0.15, 0.2) is 18.2 Å². The van der Waals surface area contributed by atoms with Gasteiger partial charge in [-0.2, -0.15) is 0 Å². The molecule has 0 radical (unpaired) electrons. The Bertz CT molecular complexity index is 486. The van der Waals surface area contributed by atoms with Gasteiger partial charge in [0.05, 0.1) is 11.4 Å². The van der Waals surface area contributed by atoms with E-state index in [-0.39, 0.29) is 18.2 Å². The largest absolute Gasteiger partial charge is 0.397 e. The molecule has 0 aliphatic heterocycles. The minimum absolute atomic E-state index is 0.0738. The smallest absolute Gasteiger partial charge is 0.251 e. The highest BCUT2D eigenvalue weighted by Gasteiger charge is 2.09. The first kappa shape index (κ1) is 15.8. The van der Waals surface area contributed by atoms with Gasteiger partial charge in [0, 0.05) is 39.2 Å². The summed E-state index contributed by atoms with van der Waals surface area (Å²) in [7, 11) is 3.77. The minimum Gasteiger partial charge on any atom is -0.397 e. The number of carbonyl (C=O) groups is 2. The quantitative estimate of drug-likeness (QED) is 0.665. The normalized spacial score (nSPS) is 9.95. The van der Waals surface area contributed by atoms with Gasteiger partial charge in [0.15, 0.2) is 0 Å². The van der Waals surface area contributed by atoms with Gasteiger partial charge >= 0.3 is 0 Å². The summed E-state index contributed by atoms with van der Waals surface area (Å²) in [4.78, 5) is 25.0. The molecule has 0 fully saturated rings. The third kappa shape index (κ3) is 4.46. The monoisotopic (exact) mass is 278 g/mol. The Hall–Kier alpha value is -2.24. The van der Waals surface area contributed by atoms with Crippen molar-refractivity contribution < 1.29 is 9.59 Å². The maximum Gasteiger partial charge on any atom is 0.251 e. The zero-order chi connectivity index (χ0) is 15.1. The number of carbonyl (C=O) groups excluding carboxylic acids is 2. The van der Waals surface area contributed by atoms with Gasteiger partial charge in [0.25, 0.3) is 5.91 Å². The molecule has 0 unspecified atom stereocenters. The molecule has 0 saturated heterocycles. The van der Waals surface area contributed by atoms with Gasteiger partial charge in [-0.15, -0.1) is 0 Å². The molecule has 0 bridgehead atoms. The summed E-state index contributed by atoms with van der Waals surface area (Å²) in [5.41, 5.74) is 7.79. The van der Waals surface area contributed by atoms with E-state index in [1.54, 1.807) is 18.2 Å². The lowest BCUT2D eigenvalue weighted by Crippen LogP contribution is -2.30. The number of benzene rings is 1. The summed E-state index contributed by atoms with van der Waals surface area (Å²) in [6, 6.07) is 5.15. The van der Waals surface area contributed by atoms with Crippen LogP contribution in [-0.4, -0.2) is 39.0 Å². The van der Waals surface area contributed by atoms with Crippen molar-refractivity contribution in [1.82, 2.24) is 10.6 Å². The molecule has 0 spiro atoms. The van der Waals surface area contributed by atoms with Crippen LogP contribution in [0.2, 0.25) is 0 Å². The zero-order valence-electron chi connectivity index (χ0n) is 12.2. The van der Waals surface area contributed by atoms with Gasteiger partial charge in [-0.1, -0.05) is 0 Å². The Morgan fingerprint density at radius 2 is 1.95 bits per heavy atom. The Morgan fingerprint density at radius 1 is 1.25 bits per heavy atom. The van der Waals surface area contributed by atoms with Crippen molar-refractivity contribution in [2.75, 3.05) is 37.8 Å². The fourth-order valence-corrected chi connectivity index (χ4v) is 1.78. The van der Waals surface area contributed by atoms with E-state index in [2.05, 4.69) is 10.6 Å². The summed E-state index contributed by atoms with van der Waals surface area (Å²) in [6.45, 7) is 2.75. The molecule has 1 aromatic carbocycles. The fourth-order valence-electron chi connectivity index (χ4n) is 1.78. The second-order valence-corrected chi connectivity index (χ2v) is 4.63. The van der Waals surface area contributed by atoms with Crippen molar-refractivity contribution in [3.05, 3.63) is 23.8 Å². The summed E-state index contributed by atoms with van der Waals surface area (Å²) >= 11 is 0. The van der Waals surface area contributed by atoms with Crippen LogP contribution in [0.25, 0.3) is 0 Å². The number of hydrogen-bond donors (Lipinski definition) is 3. The molecule has 0 aliphatic carbocycles. The summed E-state index contributed by atoms with van der Waals surface area (Å²) in [5.74, 6) is -0.304. The van der Waals surface area contributed by atoms with Crippen LogP contribution in [0, 0.1) is 0 Å². The topological polar surface area (TPSA) is 87.5 Å². The lowest BCUT2D eigenvalue weighted by Gasteiger charge is -2.15. The van der Waals surface area contributed by atoms with Crippen molar-refractivity contribution in [2.24, 2.45) is 0 Å². The molecule has 1 rings (SSSR count). The van der Waals surface area contributed by atoms with Crippen LogP contribution in [-0.2, 0) is 4.79 Å². The van der Waals surface area contributed by atoms with E-state index in [1.165, 1.54) is 0 Å². The number of nitrogens with zero attached hydrogens (tertiary/aromatic N) is 1. The highest BCUT2D eigenvalue weighted by molar-refractivity contribution is 5.96. The molecule has 0 saturated carbocycles. The van der Waals surface area contributed by atoms with Crippen LogP contribution in [0.3, 0.4) is 0 Å². The molecule has 2 amide bonds. The van der Waals surface area contributed by atoms with Crippen molar-refractivity contribution in [3.63, 3.8) is 0 Å². The maximum atomic E-state index is 11.9. The molecule has 0 aromatic heterocycles. The van der Waals surface area contributed by atoms with Gasteiger partial charge in [-0.05, 0) is 25.1 Å². The predicted molar refractivity (Wildman–Crippen MR) is 80.8 cm³/mol. The summed E-state index contributed by atoms with van der Waals surface area (Å²) in [5, 5.41) is 5.37. The average molecular weight is 278 g/mol. The fraction of sp³-hybridized carbons (Fsp3) is 0.429. The number of nitrogens with one attached hydrogen (secondary N) is 2. The molecule has 4 N–H and O–H groups in total. The molecular formula is C14H22N4O2. The first-order valence-corrected chi connectivity index (χ1v) is 6.57. The summed E-state index contributed by atoms with van der Waals surface area (Å²) in [6.07, 6.45) is 0.269. The van der Waals surface area contributed by atoms with Gasteiger partial charge in [-0.3, -0.25) is 9.59 Å². The van der Waals surface area contributed by atoms with Gasteiger partial charge in [-0.25, -0.2) is 0 Å². The Labute approximate surface area is 119 Å². The number of rotatable bonds is 6. The second kappa shape index (κ2) is 7.37. The third-order valence-corrected chi connectivity index (χ3v) is 2.78. The van der Waals surface area contributed by atoms with Crippen molar-refractivity contribution in [2.45, 2.75) is 13.3 Å². The van der Waals surface area contributed by atoms with Gasteiger partial charge < -0.3 is 21.3 Å².